The fraction of sp³-hybridized carbons (Fsp3) is 0.500. The lowest BCUT2D eigenvalue weighted by Crippen LogP contribution is -2.44. The first-order valence-corrected chi connectivity index (χ1v) is 7.62. The molecule has 0 spiro atoms. The smallest absolute Gasteiger partial charge is 0.243 e. The summed E-state index contributed by atoms with van der Waals surface area (Å²) in [6.45, 7) is 9.79. The molecule has 0 saturated heterocycles. The Balaban J connectivity index is 2.50. The van der Waals surface area contributed by atoms with Gasteiger partial charge >= 0.3 is 0 Å². The zero-order valence-electron chi connectivity index (χ0n) is 13.2. The predicted molar refractivity (Wildman–Crippen MR) is 86.6 cm³/mol. The van der Waals surface area contributed by atoms with E-state index in [0.717, 1.165) is 22.4 Å². The van der Waals surface area contributed by atoms with Crippen LogP contribution in [0.1, 0.15) is 45.1 Å². The van der Waals surface area contributed by atoms with Crippen LogP contribution in [0.4, 0.5) is 0 Å². The molecule has 114 valence electrons. The second-order valence-corrected chi connectivity index (χ2v) is 6.66. The number of carbonyl (C=O) groups excluding carboxylic acids is 1. The van der Waals surface area contributed by atoms with Gasteiger partial charge in [0.2, 0.25) is 5.91 Å². The average molecular weight is 308 g/mol. The SMILES string of the molecule is Cc1cccc2c1nc(CCl)n2C(C)C(=O)NC(C)(C)C. The Morgan fingerprint density at radius 1 is 1.43 bits per heavy atom. The number of alkyl halides is 1. The molecule has 1 aromatic heterocycles. The van der Waals surface area contributed by atoms with Gasteiger partial charge in [0.05, 0.1) is 16.9 Å². The van der Waals surface area contributed by atoms with E-state index in [-0.39, 0.29) is 23.4 Å². The number of hydrogen-bond acceptors (Lipinski definition) is 2. The summed E-state index contributed by atoms with van der Waals surface area (Å²) in [5.41, 5.74) is 2.67. The molecule has 2 rings (SSSR count). The first-order chi connectivity index (χ1) is 9.74. The van der Waals surface area contributed by atoms with Crippen LogP contribution in [0, 0.1) is 6.92 Å². The van der Waals surface area contributed by atoms with E-state index >= 15 is 0 Å². The molecule has 0 fully saturated rings. The van der Waals surface area contributed by atoms with Gasteiger partial charge < -0.3 is 9.88 Å². The minimum absolute atomic E-state index is 0.0327. The van der Waals surface area contributed by atoms with Crippen LogP contribution in [0.2, 0.25) is 0 Å². The molecule has 0 aliphatic rings. The van der Waals surface area contributed by atoms with Crippen molar-refractivity contribution in [3.63, 3.8) is 0 Å². The van der Waals surface area contributed by atoms with Gasteiger partial charge in [-0.05, 0) is 46.2 Å². The van der Waals surface area contributed by atoms with Crippen molar-refractivity contribution in [1.82, 2.24) is 14.9 Å². The summed E-state index contributed by atoms with van der Waals surface area (Å²) in [5, 5.41) is 3.01. The van der Waals surface area contributed by atoms with Crippen molar-refractivity contribution in [2.45, 2.75) is 52.1 Å². The van der Waals surface area contributed by atoms with Crippen LogP contribution in [0.25, 0.3) is 11.0 Å². The first-order valence-electron chi connectivity index (χ1n) is 7.09. The number of nitrogens with one attached hydrogen (secondary N) is 1. The molecule has 4 nitrogen and oxygen atoms in total. The minimum atomic E-state index is -0.357. The highest BCUT2D eigenvalue weighted by molar-refractivity contribution is 6.17. The van der Waals surface area contributed by atoms with Crippen LogP contribution in [-0.4, -0.2) is 21.0 Å². The number of imidazole rings is 1. The number of aryl methyl sites for hydroxylation is 1. The lowest BCUT2D eigenvalue weighted by molar-refractivity contribution is -0.125. The Kier molecular flexibility index (Phi) is 4.28. The lowest BCUT2D eigenvalue weighted by atomic mass is 10.1. The number of fused-ring (bicyclic) bond motifs is 1. The Morgan fingerprint density at radius 3 is 2.67 bits per heavy atom. The normalized spacial score (nSPS) is 13.4. The van der Waals surface area contributed by atoms with E-state index in [1.54, 1.807) is 0 Å². The average Bonchev–Trinajstić information content (AvgIpc) is 2.75. The van der Waals surface area contributed by atoms with Gasteiger partial charge in [-0.2, -0.15) is 0 Å². The summed E-state index contributed by atoms with van der Waals surface area (Å²) in [6.07, 6.45) is 0. The Bertz CT molecular complexity index is 670. The standard InChI is InChI=1S/C16H22ClN3O/c1-10-7-6-8-12-14(10)18-13(9-17)20(12)11(2)15(21)19-16(3,4)5/h6-8,11H,9H2,1-5H3,(H,19,21). The molecule has 1 atom stereocenters. The molecule has 1 heterocycles. The number of benzene rings is 1. The van der Waals surface area contributed by atoms with Crippen LogP contribution in [-0.2, 0) is 10.7 Å². The highest BCUT2D eigenvalue weighted by Crippen LogP contribution is 2.25. The summed E-state index contributed by atoms with van der Waals surface area (Å²) < 4.78 is 1.93. The molecule has 5 heteroatoms. The summed E-state index contributed by atoms with van der Waals surface area (Å²) in [6, 6.07) is 5.61. The van der Waals surface area contributed by atoms with Gasteiger partial charge in [0.15, 0.2) is 0 Å². The fourth-order valence-corrected chi connectivity index (χ4v) is 2.61. The third kappa shape index (κ3) is 3.21. The molecule has 21 heavy (non-hydrogen) atoms. The van der Waals surface area contributed by atoms with Crippen LogP contribution >= 0.6 is 11.6 Å². The lowest BCUT2D eigenvalue weighted by Gasteiger charge is -2.24. The summed E-state index contributed by atoms with van der Waals surface area (Å²) in [5.74, 6) is 0.966. The van der Waals surface area contributed by atoms with Crippen LogP contribution in [0.3, 0.4) is 0 Å². The van der Waals surface area contributed by atoms with Gasteiger partial charge in [-0.3, -0.25) is 4.79 Å². The number of rotatable bonds is 3. The number of para-hydroxylation sites is 1. The fourth-order valence-electron chi connectivity index (χ4n) is 2.42. The van der Waals surface area contributed by atoms with Gasteiger partial charge in [-0.25, -0.2) is 4.98 Å². The second kappa shape index (κ2) is 5.68. The number of aromatic nitrogens is 2. The third-order valence-electron chi connectivity index (χ3n) is 3.38. The van der Waals surface area contributed by atoms with E-state index in [0.29, 0.717) is 0 Å². The van der Waals surface area contributed by atoms with E-state index in [2.05, 4.69) is 10.3 Å². The molecule has 0 aliphatic heterocycles. The van der Waals surface area contributed by atoms with E-state index in [1.807, 2.05) is 57.4 Å². The topological polar surface area (TPSA) is 46.9 Å². The van der Waals surface area contributed by atoms with Crippen molar-refractivity contribution in [1.29, 1.82) is 0 Å². The highest BCUT2D eigenvalue weighted by atomic mass is 35.5. The van der Waals surface area contributed by atoms with Crippen molar-refractivity contribution in [3.8, 4) is 0 Å². The number of hydrogen-bond donors (Lipinski definition) is 1. The molecular formula is C16H22ClN3O. The van der Waals surface area contributed by atoms with E-state index in [1.165, 1.54) is 0 Å². The molecule has 0 bridgehead atoms. The molecule has 0 aliphatic carbocycles. The molecule has 1 aromatic carbocycles. The minimum Gasteiger partial charge on any atom is -0.350 e. The van der Waals surface area contributed by atoms with Gasteiger partial charge in [-0.1, -0.05) is 12.1 Å². The first kappa shape index (κ1) is 15.8. The Morgan fingerprint density at radius 2 is 2.10 bits per heavy atom. The van der Waals surface area contributed by atoms with Gasteiger partial charge in [0, 0.05) is 5.54 Å². The van der Waals surface area contributed by atoms with Crippen LogP contribution in [0.15, 0.2) is 18.2 Å². The van der Waals surface area contributed by atoms with Crippen molar-refractivity contribution >= 4 is 28.5 Å². The summed E-state index contributed by atoms with van der Waals surface area (Å²) in [4.78, 5) is 17.0. The monoisotopic (exact) mass is 307 g/mol. The third-order valence-corrected chi connectivity index (χ3v) is 3.62. The summed E-state index contributed by atoms with van der Waals surface area (Å²) in [7, 11) is 0. The molecular weight excluding hydrogens is 286 g/mol. The van der Waals surface area contributed by atoms with E-state index in [9.17, 15) is 4.79 Å². The van der Waals surface area contributed by atoms with Crippen LogP contribution in [0.5, 0.6) is 0 Å². The second-order valence-electron chi connectivity index (χ2n) is 6.39. The van der Waals surface area contributed by atoms with E-state index < -0.39 is 0 Å². The number of amides is 1. The van der Waals surface area contributed by atoms with E-state index in [4.69, 9.17) is 11.6 Å². The largest absolute Gasteiger partial charge is 0.350 e. The van der Waals surface area contributed by atoms with Gasteiger partial charge in [0.1, 0.15) is 11.9 Å². The zero-order chi connectivity index (χ0) is 15.8. The van der Waals surface area contributed by atoms with Crippen LogP contribution < -0.4 is 5.32 Å². The molecule has 1 amide bonds. The van der Waals surface area contributed by atoms with Crippen molar-refractivity contribution < 1.29 is 4.79 Å². The molecule has 2 aromatic rings. The molecule has 0 radical (unpaired) electrons. The number of nitrogens with zero attached hydrogens (tertiary/aromatic N) is 2. The molecule has 0 saturated carbocycles. The maximum Gasteiger partial charge on any atom is 0.243 e. The molecule has 1 unspecified atom stereocenters. The van der Waals surface area contributed by atoms with Crippen molar-refractivity contribution in [2.24, 2.45) is 0 Å². The Hall–Kier alpha value is -1.55. The predicted octanol–water partition coefficient (Wildman–Crippen LogP) is 3.56. The zero-order valence-corrected chi connectivity index (χ0v) is 14.0. The summed E-state index contributed by atoms with van der Waals surface area (Å²) >= 11 is 6.02. The molecule has 1 N–H and O–H groups in total. The number of halogens is 1. The number of carbonyl (C=O) groups is 1. The van der Waals surface area contributed by atoms with Gasteiger partial charge in [0.25, 0.3) is 0 Å². The highest BCUT2D eigenvalue weighted by Gasteiger charge is 2.24. The quantitative estimate of drug-likeness (QED) is 0.881. The maximum absolute atomic E-state index is 12.5. The maximum atomic E-state index is 12.5. The van der Waals surface area contributed by atoms with Crippen molar-refractivity contribution in [2.75, 3.05) is 0 Å². The van der Waals surface area contributed by atoms with Gasteiger partial charge in [-0.15, -0.1) is 11.6 Å². The van der Waals surface area contributed by atoms with Crippen molar-refractivity contribution in [3.05, 3.63) is 29.6 Å². The Labute approximate surface area is 130 Å².